The van der Waals surface area contributed by atoms with Gasteiger partial charge in [-0.1, -0.05) is 29.8 Å². The van der Waals surface area contributed by atoms with E-state index in [9.17, 15) is 10.1 Å². The zero-order chi connectivity index (χ0) is 14.7. The number of pyridine rings is 1. The van der Waals surface area contributed by atoms with Crippen molar-refractivity contribution in [2.75, 3.05) is 11.1 Å². The normalized spacial score (nSPS) is 11.9. The number of nitrogens with one attached hydrogen (secondary N) is 1. The SMILES string of the molecule is CC(Nc1cc([N+](=O)[O-])cc(N)n1)c1ccccc1Cl. The van der Waals surface area contributed by atoms with Gasteiger partial charge in [0.05, 0.1) is 23.1 Å². The average Bonchev–Trinajstić information content (AvgIpc) is 2.38. The maximum absolute atomic E-state index is 10.8. The van der Waals surface area contributed by atoms with Crippen LogP contribution in [0.15, 0.2) is 36.4 Å². The first-order valence-corrected chi connectivity index (χ1v) is 6.28. The molecule has 1 aromatic carbocycles. The van der Waals surface area contributed by atoms with E-state index in [0.717, 1.165) is 5.56 Å². The number of hydrogen-bond acceptors (Lipinski definition) is 5. The van der Waals surface area contributed by atoms with Gasteiger partial charge in [-0.25, -0.2) is 4.98 Å². The van der Waals surface area contributed by atoms with Crippen molar-refractivity contribution in [3.05, 3.63) is 57.1 Å². The average molecular weight is 293 g/mol. The van der Waals surface area contributed by atoms with Crippen LogP contribution in [0.2, 0.25) is 5.02 Å². The first-order chi connectivity index (χ1) is 9.47. The molecule has 3 N–H and O–H groups in total. The Morgan fingerprint density at radius 3 is 2.75 bits per heavy atom. The van der Waals surface area contributed by atoms with E-state index in [0.29, 0.717) is 10.8 Å². The van der Waals surface area contributed by atoms with Gasteiger partial charge < -0.3 is 11.1 Å². The molecule has 0 aliphatic carbocycles. The van der Waals surface area contributed by atoms with E-state index in [1.165, 1.54) is 12.1 Å². The fourth-order valence-electron chi connectivity index (χ4n) is 1.84. The van der Waals surface area contributed by atoms with Crippen LogP contribution in [-0.2, 0) is 0 Å². The Balaban J connectivity index is 2.26. The van der Waals surface area contributed by atoms with Crippen LogP contribution in [0.3, 0.4) is 0 Å². The Morgan fingerprint density at radius 2 is 2.10 bits per heavy atom. The summed E-state index contributed by atoms with van der Waals surface area (Å²) in [6, 6.07) is 9.76. The molecule has 1 atom stereocenters. The summed E-state index contributed by atoms with van der Waals surface area (Å²) in [7, 11) is 0. The lowest BCUT2D eigenvalue weighted by Gasteiger charge is -2.16. The van der Waals surface area contributed by atoms with E-state index in [1.807, 2.05) is 25.1 Å². The molecule has 6 nitrogen and oxygen atoms in total. The van der Waals surface area contributed by atoms with Crippen molar-refractivity contribution in [2.24, 2.45) is 0 Å². The summed E-state index contributed by atoms with van der Waals surface area (Å²) in [6.45, 7) is 1.89. The van der Waals surface area contributed by atoms with Gasteiger partial charge in [-0.2, -0.15) is 0 Å². The minimum absolute atomic E-state index is 0.0908. The molecule has 1 heterocycles. The Kier molecular flexibility index (Phi) is 4.05. The number of hydrogen-bond donors (Lipinski definition) is 2. The molecule has 0 amide bonds. The summed E-state index contributed by atoms with van der Waals surface area (Å²) in [6.07, 6.45) is 0. The molecule has 104 valence electrons. The molecule has 0 aliphatic heterocycles. The number of benzene rings is 1. The van der Waals surface area contributed by atoms with E-state index >= 15 is 0 Å². The summed E-state index contributed by atoms with van der Waals surface area (Å²) in [5.41, 5.74) is 6.33. The predicted molar refractivity (Wildman–Crippen MR) is 78.8 cm³/mol. The first kappa shape index (κ1) is 14.1. The van der Waals surface area contributed by atoms with E-state index in [2.05, 4.69) is 10.3 Å². The van der Waals surface area contributed by atoms with Gasteiger partial charge in [0.1, 0.15) is 11.6 Å². The number of nitrogen functional groups attached to an aromatic ring is 1. The molecular formula is C13H13ClN4O2. The minimum atomic E-state index is -0.511. The summed E-state index contributed by atoms with van der Waals surface area (Å²) >= 11 is 6.10. The summed E-state index contributed by atoms with van der Waals surface area (Å²) < 4.78 is 0. The number of nitrogens with zero attached hydrogens (tertiary/aromatic N) is 2. The lowest BCUT2D eigenvalue weighted by atomic mass is 10.1. The highest BCUT2D eigenvalue weighted by Gasteiger charge is 2.13. The molecule has 2 rings (SSSR count). The van der Waals surface area contributed by atoms with Gasteiger partial charge in [0.2, 0.25) is 0 Å². The molecule has 0 saturated carbocycles. The second-order valence-electron chi connectivity index (χ2n) is 4.28. The zero-order valence-corrected chi connectivity index (χ0v) is 11.5. The summed E-state index contributed by atoms with van der Waals surface area (Å²) in [4.78, 5) is 14.3. The largest absolute Gasteiger partial charge is 0.383 e. The van der Waals surface area contributed by atoms with Gasteiger partial charge in [0.25, 0.3) is 5.69 Å². The second kappa shape index (κ2) is 5.75. The van der Waals surface area contributed by atoms with Crippen molar-refractivity contribution < 1.29 is 4.92 Å². The van der Waals surface area contributed by atoms with Gasteiger partial charge in [-0.15, -0.1) is 0 Å². The molecule has 0 aliphatic rings. The summed E-state index contributed by atoms with van der Waals surface area (Å²) in [5.74, 6) is 0.428. The number of nitro groups is 1. The smallest absolute Gasteiger partial charge is 0.276 e. The van der Waals surface area contributed by atoms with E-state index in [1.54, 1.807) is 6.07 Å². The zero-order valence-electron chi connectivity index (χ0n) is 10.7. The molecule has 1 aromatic heterocycles. The molecule has 7 heteroatoms. The standard InChI is InChI=1S/C13H13ClN4O2/c1-8(10-4-2-3-5-11(10)14)16-13-7-9(18(19)20)6-12(15)17-13/h2-8H,1H3,(H3,15,16,17). The van der Waals surface area contributed by atoms with Crippen LogP contribution in [-0.4, -0.2) is 9.91 Å². The second-order valence-corrected chi connectivity index (χ2v) is 4.69. The third kappa shape index (κ3) is 3.16. The van der Waals surface area contributed by atoms with Crippen LogP contribution in [0.25, 0.3) is 0 Å². The minimum Gasteiger partial charge on any atom is -0.383 e. The summed E-state index contributed by atoms with van der Waals surface area (Å²) in [5, 5.41) is 14.5. The fraction of sp³-hybridized carbons (Fsp3) is 0.154. The van der Waals surface area contributed by atoms with Crippen molar-refractivity contribution in [3.8, 4) is 0 Å². The van der Waals surface area contributed by atoms with Crippen LogP contribution < -0.4 is 11.1 Å². The maximum atomic E-state index is 10.8. The number of rotatable bonds is 4. The highest BCUT2D eigenvalue weighted by molar-refractivity contribution is 6.31. The Bertz CT molecular complexity index is 648. The van der Waals surface area contributed by atoms with Crippen LogP contribution in [0.1, 0.15) is 18.5 Å². The highest BCUT2D eigenvalue weighted by atomic mass is 35.5. The van der Waals surface area contributed by atoms with Crippen LogP contribution in [0.4, 0.5) is 17.3 Å². The monoisotopic (exact) mass is 292 g/mol. The van der Waals surface area contributed by atoms with Crippen LogP contribution >= 0.6 is 11.6 Å². The Hall–Kier alpha value is -2.34. The van der Waals surface area contributed by atoms with E-state index < -0.39 is 4.92 Å². The van der Waals surface area contributed by atoms with Crippen molar-refractivity contribution in [2.45, 2.75) is 13.0 Å². The van der Waals surface area contributed by atoms with Crippen molar-refractivity contribution >= 4 is 28.9 Å². The Morgan fingerprint density at radius 1 is 1.40 bits per heavy atom. The number of anilines is 2. The molecule has 0 radical (unpaired) electrons. The molecule has 0 spiro atoms. The van der Waals surface area contributed by atoms with Crippen LogP contribution in [0.5, 0.6) is 0 Å². The number of halogens is 1. The van der Waals surface area contributed by atoms with Gasteiger partial charge in [-0.05, 0) is 18.6 Å². The van der Waals surface area contributed by atoms with Gasteiger partial charge in [0, 0.05) is 5.02 Å². The molecule has 1 unspecified atom stereocenters. The number of aromatic nitrogens is 1. The number of nitrogens with two attached hydrogens (primary N) is 1. The maximum Gasteiger partial charge on any atom is 0.276 e. The first-order valence-electron chi connectivity index (χ1n) is 5.90. The molecule has 0 bridgehead atoms. The van der Waals surface area contributed by atoms with Crippen molar-refractivity contribution in [1.82, 2.24) is 4.98 Å². The molecule has 20 heavy (non-hydrogen) atoms. The molecule has 0 fully saturated rings. The lowest BCUT2D eigenvalue weighted by molar-refractivity contribution is -0.384. The van der Waals surface area contributed by atoms with E-state index in [-0.39, 0.29) is 17.5 Å². The quantitative estimate of drug-likeness (QED) is 0.665. The molecule has 0 saturated heterocycles. The third-order valence-electron chi connectivity index (χ3n) is 2.78. The highest BCUT2D eigenvalue weighted by Crippen LogP contribution is 2.27. The molecule has 2 aromatic rings. The lowest BCUT2D eigenvalue weighted by Crippen LogP contribution is -2.09. The van der Waals surface area contributed by atoms with Crippen molar-refractivity contribution in [3.63, 3.8) is 0 Å². The van der Waals surface area contributed by atoms with E-state index in [4.69, 9.17) is 17.3 Å². The van der Waals surface area contributed by atoms with Gasteiger partial charge >= 0.3 is 0 Å². The van der Waals surface area contributed by atoms with Gasteiger partial charge in [-0.3, -0.25) is 10.1 Å². The topological polar surface area (TPSA) is 94.1 Å². The fourth-order valence-corrected chi connectivity index (χ4v) is 2.14. The molecular weight excluding hydrogens is 280 g/mol. The Labute approximate surface area is 120 Å². The predicted octanol–water partition coefficient (Wildman–Crippen LogP) is 3.40. The van der Waals surface area contributed by atoms with Crippen LogP contribution in [0, 0.1) is 10.1 Å². The van der Waals surface area contributed by atoms with Gasteiger partial charge in [0.15, 0.2) is 0 Å². The third-order valence-corrected chi connectivity index (χ3v) is 3.12. The van der Waals surface area contributed by atoms with Crippen molar-refractivity contribution in [1.29, 1.82) is 0 Å².